The lowest BCUT2D eigenvalue weighted by molar-refractivity contribution is -0.117. The fourth-order valence-electron chi connectivity index (χ4n) is 3.65. The molecule has 0 saturated heterocycles. The van der Waals surface area contributed by atoms with Gasteiger partial charge in [-0.15, -0.1) is 0 Å². The summed E-state index contributed by atoms with van der Waals surface area (Å²) in [4.78, 5) is 30.5. The minimum atomic E-state index is -0.454. The van der Waals surface area contributed by atoms with Crippen molar-refractivity contribution in [3.8, 4) is 0 Å². The summed E-state index contributed by atoms with van der Waals surface area (Å²) in [5.41, 5.74) is 1.99. The van der Waals surface area contributed by atoms with E-state index in [9.17, 15) is 9.59 Å². The van der Waals surface area contributed by atoms with Crippen LogP contribution in [0.4, 0.5) is 5.69 Å². The normalized spacial score (nSPS) is 13.0. The van der Waals surface area contributed by atoms with Crippen LogP contribution in [0.2, 0.25) is 10.0 Å². The van der Waals surface area contributed by atoms with Crippen molar-refractivity contribution in [3.05, 3.63) is 105 Å². The van der Waals surface area contributed by atoms with Gasteiger partial charge < -0.3 is 9.88 Å². The third-order valence-electron chi connectivity index (χ3n) is 5.60. The van der Waals surface area contributed by atoms with Gasteiger partial charge >= 0.3 is 0 Å². The molecule has 2 aromatic heterocycles. The number of amides is 1. The van der Waals surface area contributed by atoms with Crippen molar-refractivity contribution >= 4 is 45.6 Å². The maximum absolute atomic E-state index is 13.2. The van der Waals surface area contributed by atoms with Gasteiger partial charge in [0.05, 0.1) is 27.7 Å². The van der Waals surface area contributed by atoms with Crippen LogP contribution < -0.4 is 10.9 Å². The van der Waals surface area contributed by atoms with Crippen LogP contribution in [-0.2, 0) is 4.79 Å². The van der Waals surface area contributed by atoms with E-state index in [-0.39, 0.29) is 17.5 Å². The molecule has 0 aliphatic heterocycles. The number of nitrogens with zero attached hydrogens (tertiary/aromatic N) is 2. The first-order valence-corrected chi connectivity index (χ1v) is 10.9. The number of hydrogen-bond donors (Lipinski definition) is 1. The fraction of sp³-hybridized carbons (Fsp3) is 0.160. The summed E-state index contributed by atoms with van der Waals surface area (Å²) in [5.74, 6) is -0.661. The first-order valence-electron chi connectivity index (χ1n) is 10.2. The number of aromatic nitrogens is 2. The fourth-order valence-corrected chi connectivity index (χ4v) is 3.95. The van der Waals surface area contributed by atoms with Gasteiger partial charge in [0.25, 0.3) is 5.56 Å². The van der Waals surface area contributed by atoms with Gasteiger partial charge in [0.2, 0.25) is 5.91 Å². The van der Waals surface area contributed by atoms with E-state index in [2.05, 4.69) is 10.3 Å². The zero-order chi connectivity index (χ0) is 22.8. The lowest BCUT2D eigenvalue weighted by Crippen LogP contribution is -2.24. The van der Waals surface area contributed by atoms with Crippen LogP contribution in [0.3, 0.4) is 0 Å². The van der Waals surface area contributed by atoms with E-state index in [4.69, 9.17) is 23.2 Å². The number of halogens is 2. The van der Waals surface area contributed by atoms with Crippen LogP contribution in [0.1, 0.15) is 37.1 Å². The number of benzene rings is 2. The average Bonchev–Trinajstić information content (AvgIpc) is 2.81. The lowest BCUT2D eigenvalue weighted by atomic mass is 10.00. The summed E-state index contributed by atoms with van der Waals surface area (Å²) in [5, 5.41) is 4.99. The molecule has 0 radical (unpaired) electrons. The number of carbonyl (C=O) groups excluding carboxylic acids is 1. The second-order valence-electron chi connectivity index (χ2n) is 7.61. The van der Waals surface area contributed by atoms with Gasteiger partial charge in [0.1, 0.15) is 0 Å². The minimum Gasteiger partial charge on any atom is -0.325 e. The number of rotatable bonds is 5. The Morgan fingerprint density at radius 2 is 1.78 bits per heavy atom. The number of hydrogen-bond acceptors (Lipinski definition) is 3. The highest BCUT2D eigenvalue weighted by atomic mass is 35.5. The van der Waals surface area contributed by atoms with Crippen molar-refractivity contribution in [1.29, 1.82) is 0 Å². The number of pyridine rings is 2. The second-order valence-corrected chi connectivity index (χ2v) is 8.42. The van der Waals surface area contributed by atoms with Gasteiger partial charge in [0.15, 0.2) is 0 Å². The van der Waals surface area contributed by atoms with Crippen LogP contribution >= 0.6 is 23.2 Å². The quantitative estimate of drug-likeness (QED) is 0.389. The molecule has 32 heavy (non-hydrogen) atoms. The summed E-state index contributed by atoms with van der Waals surface area (Å²) in [6.07, 6.45) is 3.45. The molecule has 1 N–H and O–H groups in total. The van der Waals surface area contributed by atoms with Crippen LogP contribution in [0.15, 0.2) is 77.9 Å². The first kappa shape index (κ1) is 22.1. The van der Waals surface area contributed by atoms with Gasteiger partial charge in [-0.2, -0.15) is 0 Å². The molecule has 0 spiro atoms. The third kappa shape index (κ3) is 4.27. The van der Waals surface area contributed by atoms with E-state index in [0.29, 0.717) is 26.5 Å². The standard InChI is InChI=1S/C25H21Cl2N3O2/c1-15(17-9-10-20(26)21(27)14-17)24(31)29-23-8-5-6-19-18(23)11-13-30(25(19)32)16(2)22-7-3-4-12-28-22/h3-16H,1-2H3,(H,29,31)/t15-,16?/m1/s1. The van der Waals surface area contributed by atoms with Gasteiger partial charge in [-0.05, 0) is 61.9 Å². The molecule has 0 aliphatic rings. The molecular formula is C25H21Cl2N3O2. The Morgan fingerprint density at radius 1 is 0.969 bits per heavy atom. The summed E-state index contributed by atoms with van der Waals surface area (Å²) < 4.78 is 1.65. The lowest BCUT2D eigenvalue weighted by Gasteiger charge is -2.17. The molecule has 0 fully saturated rings. The number of carbonyl (C=O) groups is 1. The maximum Gasteiger partial charge on any atom is 0.259 e. The Labute approximate surface area is 195 Å². The molecule has 1 amide bonds. The van der Waals surface area contributed by atoms with Crippen molar-refractivity contribution in [2.75, 3.05) is 5.32 Å². The van der Waals surface area contributed by atoms with E-state index in [1.165, 1.54) is 0 Å². The molecule has 5 nitrogen and oxygen atoms in total. The van der Waals surface area contributed by atoms with Crippen LogP contribution in [0, 0.1) is 0 Å². The van der Waals surface area contributed by atoms with Crippen LogP contribution in [0.5, 0.6) is 0 Å². The van der Waals surface area contributed by atoms with E-state index >= 15 is 0 Å². The van der Waals surface area contributed by atoms with E-state index in [1.54, 1.807) is 60.3 Å². The average molecular weight is 466 g/mol. The summed E-state index contributed by atoms with van der Waals surface area (Å²) in [7, 11) is 0. The summed E-state index contributed by atoms with van der Waals surface area (Å²) >= 11 is 12.1. The van der Waals surface area contributed by atoms with E-state index in [0.717, 1.165) is 11.3 Å². The highest BCUT2D eigenvalue weighted by Gasteiger charge is 2.19. The molecule has 0 saturated carbocycles. The van der Waals surface area contributed by atoms with Crippen molar-refractivity contribution in [2.24, 2.45) is 0 Å². The van der Waals surface area contributed by atoms with Gasteiger partial charge in [0, 0.05) is 28.9 Å². The zero-order valence-electron chi connectivity index (χ0n) is 17.5. The molecule has 2 aromatic carbocycles. The molecule has 2 heterocycles. The van der Waals surface area contributed by atoms with Gasteiger partial charge in [-0.3, -0.25) is 14.6 Å². The maximum atomic E-state index is 13.2. The highest BCUT2D eigenvalue weighted by Crippen LogP contribution is 2.28. The van der Waals surface area contributed by atoms with Gasteiger partial charge in [-0.1, -0.05) is 41.4 Å². The molecule has 0 bridgehead atoms. The second kappa shape index (κ2) is 9.15. The largest absolute Gasteiger partial charge is 0.325 e. The van der Waals surface area contributed by atoms with Gasteiger partial charge in [-0.25, -0.2) is 0 Å². The van der Waals surface area contributed by atoms with E-state index < -0.39 is 5.92 Å². The van der Waals surface area contributed by atoms with E-state index in [1.807, 2.05) is 31.2 Å². The summed E-state index contributed by atoms with van der Waals surface area (Å²) in [6, 6.07) is 17.7. The van der Waals surface area contributed by atoms with Crippen molar-refractivity contribution in [2.45, 2.75) is 25.8 Å². The van der Waals surface area contributed by atoms with Crippen molar-refractivity contribution in [1.82, 2.24) is 9.55 Å². The molecule has 4 rings (SSSR count). The van der Waals surface area contributed by atoms with Crippen LogP contribution in [-0.4, -0.2) is 15.5 Å². The number of nitrogens with one attached hydrogen (secondary N) is 1. The molecule has 4 aromatic rings. The predicted octanol–water partition coefficient (Wildman–Crippen LogP) is 6.05. The Morgan fingerprint density at radius 3 is 2.50 bits per heavy atom. The topological polar surface area (TPSA) is 64.0 Å². The Hall–Kier alpha value is -3.15. The zero-order valence-corrected chi connectivity index (χ0v) is 19.1. The Balaban J connectivity index is 1.65. The van der Waals surface area contributed by atoms with Crippen molar-refractivity contribution in [3.63, 3.8) is 0 Å². The molecular weight excluding hydrogens is 445 g/mol. The molecule has 1 unspecified atom stereocenters. The molecule has 2 atom stereocenters. The molecule has 7 heteroatoms. The Bertz CT molecular complexity index is 1350. The predicted molar refractivity (Wildman–Crippen MR) is 130 cm³/mol. The Kier molecular flexibility index (Phi) is 6.31. The summed E-state index contributed by atoms with van der Waals surface area (Å²) in [6.45, 7) is 3.72. The van der Waals surface area contributed by atoms with Crippen molar-refractivity contribution < 1.29 is 4.79 Å². The molecule has 162 valence electrons. The smallest absolute Gasteiger partial charge is 0.259 e. The van der Waals surface area contributed by atoms with Crippen LogP contribution in [0.25, 0.3) is 10.8 Å². The monoisotopic (exact) mass is 465 g/mol. The SMILES string of the molecule is CC(c1ccccn1)n1ccc2c(NC(=O)[C@H](C)c3ccc(Cl)c(Cl)c3)cccc2c1=O. The first-order chi connectivity index (χ1) is 15.4. The number of fused-ring (bicyclic) bond motifs is 1. The minimum absolute atomic E-state index is 0.144. The third-order valence-corrected chi connectivity index (χ3v) is 6.34. The molecule has 0 aliphatic carbocycles. The highest BCUT2D eigenvalue weighted by molar-refractivity contribution is 6.42. The number of anilines is 1.